The summed E-state index contributed by atoms with van der Waals surface area (Å²) < 4.78 is 9.57. The largest absolute Gasteiger partial charge is 0.497 e. The van der Waals surface area contributed by atoms with E-state index < -0.39 is 0 Å². The average Bonchev–Trinajstić information content (AvgIpc) is 3.11. The predicted molar refractivity (Wildman–Crippen MR) is 131 cm³/mol. The molecule has 1 N–H and O–H groups in total. The average molecular weight is 464 g/mol. The Balaban J connectivity index is 1.97. The number of hydrogen-bond donors (Lipinski definition) is 1. The second kappa shape index (κ2) is 9.17. The van der Waals surface area contributed by atoms with Gasteiger partial charge in [-0.05, 0) is 55.7 Å². The molecule has 0 aliphatic carbocycles. The second-order valence-electron chi connectivity index (χ2n) is 9.10. The van der Waals surface area contributed by atoms with Crippen molar-refractivity contribution in [2.75, 3.05) is 7.11 Å². The van der Waals surface area contributed by atoms with Crippen molar-refractivity contribution in [3.8, 4) is 5.75 Å². The third-order valence-electron chi connectivity index (χ3n) is 5.47. The lowest BCUT2D eigenvalue weighted by Gasteiger charge is -2.13. The molecule has 9 heteroatoms. The lowest BCUT2D eigenvalue weighted by molar-refractivity contribution is 0.0943. The van der Waals surface area contributed by atoms with Gasteiger partial charge in [-0.2, -0.15) is 0 Å². The quantitative estimate of drug-likeness (QED) is 0.454. The number of aromatic nitrogens is 4. The fourth-order valence-electron chi connectivity index (χ4n) is 3.98. The molecule has 0 spiro atoms. The standard InChI is InChI=1S/C25H29N5O4/c1-15(2)13-28-23(32)20-10-9-18(22(31)26-16(3)4)12-21(20)30-24(28)27-29(25(30)33)14-17-7-6-8-19(11-17)34-5/h6-12,15-16H,13-14H2,1-5H3,(H,26,31). The van der Waals surface area contributed by atoms with Crippen LogP contribution < -0.4 is 21.3 Å². The van der Waals surface area contributed by atoms with E-state index in [2.05, 4.69) is 10.4 Å². The molecule has 0 aliphatic rings. The van der Waals surface area contributed by atoms with Gasteiger partial charge < -0.3 is 10.1 Å². The summed E-state index contributed by atoms with van der Waals surface area (Å²) in [6.07, 6.45) is 0. The summed E-state index contributed by atoms with van der Waals surface area (Å²) in [5.41, 5.74) is 0.936. The molecule has 1 amide bonds. The van der Waals surface area contributed by atoms with Gasteiger partial charge in [0.25, 0.3) is 11.5 Å². The molecular weight excluding hydrogens is 434 g/mol. The van der Waals surface area contributed by atoms with E-state index >= 15 is 0 Å². The Morgan fingerprint density at radius 1 is 1.09 bits per heavy atom. The zero-order valence-corrected chi connectivity index (χ0v) is 20.0. The van der Waals surface area contributed by atoms with Crippen LogP contribution in [0.4, 0.5) is 0 Å². The van der Waals surface area contributed by atoms with E-state index in [-0.39, 0.29) is 41.4 Å². The Morgan fingerprint density at radius 2 is 1.85 bits per heavy atom. The number of hydrogen-bond acceptors (Lipinski definition) is 5. The molecule has 0 saturated heterocycles. The van der Waals surface area contributed by atoms with Crippen LogP contribution in [0.3, 0.4) is 0 Å². The molecule has 9 nitrogen and oxygen atoms in total. The van der Waals surface area contributed by atoms with E-state index in [9.17, 15) is 14.4 Å². The van der Waals surface area contributed by atoms with Crippen LogP contribution in [0.15, 0.2) is 52.1 Å². The summed E-state index contributed by atoms with van der Waals surface area (Å²) in [6.45, 7) is 8.35. The minimum atomic E-state index is -0.387. The van der Waals surface area contributed by atoms with E-state index in [4.69, 9.17) is 4.74 Å². The highest BCUT2D eigenvalue weighted by Crippen LogP contribution is 2.17. The molecule has 2 aromatic carbocycles. The van der Waals surface area contributed by atoms with Gasteiger partial charge in [-0.15, -0.1) is 5.10 Å². The SMILES string of the molecule is COc1cccc(Cn2nc3n(CC(C)C)c(=O)c4ccc(C(=O)NC(C)C)cc4n3c2=O)c1. The minimum absolute atomic E-state index is 0.0457. The monoisotopic (exact) mass is 463 g/mol. The maximum absolute atomic E-state index is 13.5. The number of nitrogens with one attached hydrogen (secondary N) is 1. The third kappa shape index (κ3) is 4.33. The van der Waals surface area contributed by atoms with E-state index in [1.54, 1.807) is 25.3 Å². The topological polar surface area (TPSA) is 99.6 Å². The molecule has 0 radical (unpaired) electrons. The summed E-state index contributed by atoms with van der Waals surface area (Å²) in [7, 11) is 1.58. The number of benzene rings is 2. The first kappa shape index (κ1) is 23.3. The van der Waals surface area contributed by atoms with Crippen LogP contribution >= 0.6 is 0 Å². The van der Waals surface area contributed by atoms with Crippen LogP contribution in [0.1, 0.15) is 43.6 Å². The van der Waals surface area contributed by atoms with Crippen molar-refractivity contribution in [2.24, 2.45) is 5.92 Å². The highest BCUT2D eigenvalue weighted by atomic mass is 16.5. The highest BCUT2D eigenvalue weighted by molar-refractivity contribution is 5.98. The number of methoxy groups -OCH3 is 1. The van der Waals surface area contributed by atoms with Crippen LogP contribution in [-0.4, -0.2) is 37.8 Å². The number of nitrogens with zero attached hydrogens (tertiary/aromatic N) is 4. The van der Waals surface area contributed by atoms with Crippen LogP contribution in [0.2, 0.25) is 0 Å². The highest BCUT2D eigenvalue weighted by Gasteiger charge is 2.20. The van der Waals surface area contributed by atoms with Gasteiger partial charge in [0.15, 0.2) is 0 Å². The van der Waals surface area contributed by atoms with Gasteiger partial charge in [0.05, 0.1) is 24.6 Å². The Hall–Kier alpha value is -3.88. The van der Waals surface area contributed by atoms with Crippen molar-refractivity contribution in [2.45, 2.75) is 46.8 Å². The normalized spacial score (nSPS) is 11.6. The molecule has 0 aliphatic heterocycles. The Morgan fingerprint density at radius 3 is 2.53 bits per heavy atom. The summed E-state index contributed by atoms with van der Waals surface area (Å²) >= 11 is 0. The van der Waals surface area contributed by atoms with Crippen LogP contribution in [-0.2, 0) is 13.1 Å². The molecule has 34 heavy (non-hydrogen) atoms. The van der Waals surface area contributed by atoms with Crippen molar-refractivity contribution in [3.05, 3.63) is 74.4 Å². The molecule has 0 fully saturated rings. The maximum atomic E-state index is 13.5. The zero-order chi connectivity index (χ0) is 24.6. The Kier molecular flexibility index (Phi) is 6.28. The molecule has 2 aromatic heterocycles. The molecule has 4 rings (SSSR count). The van der Waals surface area contributed by atoms with E-state index in [0.717, 1.165) is 5.56 Å². The predicted octanol–water partition coefficient (Wildman–Crippen LogP) is 2.66. The first-order valence-corrected chi connectivity index (χ1v) is 11.3. The number of carbonyl (C=O) groups is 1. The lowest BCUT2D eigenvalue weighted by Crippen LogP contribution is -2.31. The van der Waals surface area contributed by atoms with Crippen LogP contribution in [0.25, 0.3) is 16.7 Å². The van der Waals surface area contributed by atoms with Gasteiger partial charge in [0.2, 0.25) is 5.78 Å². The first-order chi connectivity index (χ1) is 16.2. The summed E-state index contributed by atoms with van der Waals surface area (Å²) in [5.74, 6) is 0.819. The second-order valence-corrected chi connectivity index (χ2v) is 9.10. The smallest absolute Gasteiger partial charge is 0.352 e. The van der Waals surface area contributed by atoms with Crippen LogP contribution in [0, 0.1) is 5.92 Å². The fraction of sp³-hybridized carbons (Fsp3) is 0.360. The molecule has 178 valence electrons. The van der Waals surface area contributed by atoms with E-state index in [1.165, 1.54) is 13.6 Å². The molecule has 0 bridgehead atoms. The maximum Gasteiger partial charge on any atom is 0.352 e. The minimum Gasteiger partial charge on any atom is -0.497 e. The molecule has 4 aromatic rings. The van der Waals surface area contributed by atoms with Crippen molar-refractivity contribution in [3.63, 3.8) is 0 Å². The molecule has 0 atom stereocenters. The third-order valence-corrected chi connectivity index (χ3v) is 5.47. The van der Waals surface area contributed by atoms with E-state index in [1.807, 2.05) is 52.0 Å². The Labute approximate surface area is 196 Å². The van der Waals surface area contributed by atoms with Crippen molar-refractivity contribution in [1.82, 2.24) is 24.1 Å². The van der Waals surface area contributed by atoms with Crippen molar-refractivity contribution in [1.29, 1.82) is 0 Å². The summed E-state index contributed by atoms with van der Waals surface area (Å²) in [4.78, 5) is 39.5. The van der Waals surface area contributed by atoms with Gasteiger partial charge in [0.1, 0.15) is 5.75 Å². The van der Waals surface area contributed by atoms with Gasteiger partial charge in [-0.1, -0.05) is 26.0 Å². The summed E-state index contributed by atoms with van der Waals surface area (Å²) in [6, 6.07) is 12.1. The Bertz CT molecular complexity index is 1490. The van der Waals surface area contributed by atoms with Gasteiger partial charge in [0, 0.05) is 18.2 Å². The fourth-order valence-corrected chi connectivity index (χ4v) is 3.98. The van der Waals surface area contributed by atoms with Crippen molar-refractivity contribution < 1.29 is 9.53 Å². The number of amides is 1. The number of carbonyl (C=O) groups excluding carboxylic acids is 1. The number of fused-ring (bicyclic) bond motifs is 3. The first-order valence-electron chi connectivity index (χ1n) is 11.3. The molecule has 0 unspecified atom stereocenters. The zero-order valence-electron chi connectivity index (χ0n) is 20.0. The molecule has 2 heterocycles. The number of rotatable bonds is 7. The molecular formula is C25H29N5O4. The summed E-state index contributed by atoms with van der Waals surface area (Å²) in [5, 5.41) is 7.74. The van der Waals surface area contributed by atoms with Crippen molar-refractivity contribution >= 4 is 22.6 Å². The molecule has 0 saturated carbocycles. The van der Waals surface area contributed by atoms with Gasteiger partial charge in [-0.25, -0.2) is 13.9 Å². The van der Waals surface area contributed by atoms with Gasteiger partial charge >= 0.3 is 5.69 Å². The number of ether oxygens (including phenoxy) is 1. The van der Waals surface area contributed by atoms with E-state index in [0.29, 0.717) is 28.8 Å². The van der Waals surface area contributed by atoms with Crippen LogP contribution in [0.5, 0.6) is 5.75 Å². The van der Waals surface area contributed by atoms with Gasteiger partial charge in [-0.3, -0.25) is 14.2 Å². The lowest BCUT2D eigenvalue weighted by atomic mass is 10.1.